The number of nitriles is 1. The van der Waals surface area contributed by atoms with Gasteiger partial charge >= 0.3 is 0 Å². The number of aryl methyl sites for hydroxylation is 2. The summed E-state index contributed by atoms with van der Waals surface area (Å²) in [6.07, 6.45) is 0.762. The van der Waals surface area contributed by atoms with Gasteiger partial charge in [-0.3, -0.25) is 4.68 Å². The largest absolute Gasteiger partial charge is 0.270 e. The maximum absolute atomic E-state index is 8.95. The van der Waals surface area contributed by atoms with Crippen molar-refractivity contribution in [1.29, 1.82) is 5.26 Å². The molecule has 1 rings (SSSR count). The summed E-state index contributed by atoms with van der Waals surface area (Å²) >= 11 is 0. The highest BCUT2D eigenvalue weighted by molar-refractivity contribution is 5.13. The summed E-state index contributed by atoms with van der Waals surface area (Å²) in [6, 6.07) is 4.37. The Hall–Kier alpha value is -1.30. The smallest absolute Gasteiger partial charge is 0.0688 e. The molecule has 0 N–H and O–H groups in total. The zero-order valence-electron chi connectivity index (χ0n) is 9.33. The van der Waals surface area contributed by atoms with Crippen molar-refractivity contribution >= 4 is 0 Å². The molecule has 0 aliphatic rings. The van der Waals surface area contributed by atoms with Gasteiger partial charge in [-0.05, 0) is 33.8 Å². The molecule has 0 spiro atoms. The van der Waals surface area contributed by atoms with Crippen molar-refractivity contribution in [3.63, 3.8) is 0 Å². The molecule has 0 aliphatic carbocycles. The van der Waals surface area contributed by atoms with Gasteiger partial charge in [0.1, 0.15) is 0 Å². The Bertz CT molecular complexity index is 355. The van der Waals surface area contributed by atoms with E-state index in [0.717, 1.165) is 24.4 Å². The molecule has 0 fully saturated rings. The number of aromatic nitrogens is 2. The molecule has 0 aromatic carbocycles. The summed E-state index contributed by atoms with van der Waals surface area (Å²) in [5, 5.41) is 13.3. The van der Waals surface area contributed by atoms with E-state index in [2.05, 4.69) is 24.2 Å². The van der Waals surface area contributed by atoms with Crippen LogP contribution in [0.25, 0.3) is 0 Å². The Kier molecular flexibility index (Phi) is 2.95. The lowest BCUT2D eigenvalue weighted by Crippen LogP contribution is -2.15. The van der Waals surface area contributed by atoms with Gasteiger partial charge in [-0.15, -0.1) is 0 Å². The van der Waals surface area contributed by atoms with Gasteiger partial charge in [0.25, 0.3) is 0 Å². The van der Waals surface area contributed by atoms with Crippen LogP contribution in [0.4, 0.5) is 0 Å². The van der Waals surface area contributed by atoms with Crippen LogP contribution in [0, 0.1) is 23.7 Å². The van der Waals surface area contributed by atoms with Crippen LogP contribution < -0.4 is 0 Å². The van der Waals surface area contributed by atoms with E-state index in [1.165, 1.54) is 0 Å². The molecule has 3 nitrogen and oxygen atoms in total. The third-order valence-electron chi connectivity index (χ3n) is 2.21. The molecule has 14 heavy (non-hydrogen) atoms. The summed E-state index contributed by atoms with van der Waals surface area (Å²) in [5.41, 5.74) is 1.87. The molecule has 0 saturated heterocycles. The predicted molar refractivity (Wildman–Crippen MR) is 55.7 cm³/mol. The molecule has 76 valence electrons. The number of hydrogen-bond acceptors (Lipinski definition) is 2. The topological polar surface area (TPSA) is 41.6 Å². The third kappa shape index (κ3) is 2.35. The molecule has 0 atom stereocenters. The van der Waals surface area contributed by atoms with Crippen molar-refractivity contribution in [2.75, 3.05) is 0 Å². The molecule has 0 unspecified atom stereocenters. The Morgan fingerprint density at radius 2 is 2.21 bits per heavy atom. The highest BCUT2D eigenvalue weighted by atomic mass is 15.3. The van der Waals surface area contributed by atoms with E-state index in [1.54, 1.807) is 0 Å². The van der Waals surface area contributed by atoms with E-state index in [9.17, 15) is 0 Å². The molecule has 1 aromatic heterocycles. The first-order chi connectivity index (χ1) is 6.48. The second-order valence-corrected chi connectivity index (χ2v) is 4.27. The summed E-state index contributed by atoms with van der Waals surface area (Å²) in [7, 11) is 0. The number of hydrogen-bond donors (Lipinski definition) is 0. The lowest BCUT2D eigenvalue weighted by Gasteiger charge is -2.15. The molecule has 3 heteroatoms. The van der Waals surface area contributed by atoms with E-state index in [4.69, 9.17) is 5.26 Å². The van der Waals surface area contributed by atoms with Crippen LogP contribution in [0.5, 0.6) is 0 Å². The van der Waals surface area contributed by atoms with Crippen molar-refractivity contribution in [1.82, 2.24) is 9.78 Å². The zero-order valence-corrected chi connectivity index (χ0v) is 9.33. The number of rotatable bonds is 3. The van der Waals surface area contributed by atoms with Crippen LogP contribution in [0.1, 0.15) is 32.2 Å². The molecule has 0 saturated carbocycles. The average Bonchev–Trinajstić information content (AvgIpc) is 2.45. The second-order valence-electron chi connectivity index (χ2n) is 4.27. The first-order valence-corrected chi connectivity index (χ1v) is 4.93. The van der Waals surface area contributed by atoms with E-state index in [1.807, 2.05) is 25.5 Å². The highest BCUT2D eigenvalue weighted by Crippen LogP contribution is 2.21. The Morgan fingerprint density at radius 1 is 1.57 bits per heavy atom. The van der Waals surface area contributed by atoms with E-state index >= 15 is 0 Å². The van der Waals surface area contributed by atoms with Gasteiger partial charge in [0.15, 0.2) is 0 Å². The van der Waals surface area contributed by atoms with Crippen molar-refractivity contribution in [2.24, 2.45) is 5.41 Å². The highest BCUT2D eigenvalue weighted by Gasteiger charge is 2.19. The normalized spacial score (nSPS) is 11.4. The third-order valence-corrected chi connectivity index (χ3v) is 2.21. The molecular formula is C11H17N3. The van der Waals surface area contributed by atoms with Gasteiger partial charge in [-0.2, -0.15) is 10.4 Å². The molecule has 0 aliphatic heterocycles. The summed E-state index contributed by atoms with van der Waals surface area (Å²) < 4.78 is 1.97. The summed E-state index contributed by atoms with van der Waals surface area (Å²) in [4.78, 5) is 0. The maximum atomic E-state index is 8.95. The Balaban J connectivity index is 2.92. The van der Waals surface area contributed by atoms with Gasteiger partial charge in [0, 0.05) is 18.7 Å². The fraction of sp³-hybridized carbons (Fsp3) is 0.636. The average molecular weight is 191 g/mol. The standard InChI is InChI=1S/C11H17N3/c1-5-14-10(6-9(2)13-14)7-11(3,4)8-12/h6H,5,7H2,1-4H3. The molecule has 1 heterocycles. The SMILES string of the molecule is CCn1nc(C)cc1CC(C)(C)C#N. The quantitative estimate of drug-likeness (QED) is 0.735. The van der Waals surface area contributed by atoms with Gasteiger partial charge in [-0.1, -0.05) is 0 Å². The summed E-state index contributed by atoms with van der Waals surface area (Å²) in [5.74, 6) is 0. The van der Waals surface area contributed by atoms with Gasteiger partial charge in [-0.25, -0.2) is 0 Å². The van der Waals surface area contributed by atoms with Gasteiger partial charge < -0.3 is 0 Å². The number of nitrogens with zero attached hydrogens (tertiary/aromatic N) is 3. The molecule has 1 aromatic rings. The van der Waals surface area contributed by atoms with Crippen LogP contribution in [-0.4, -0.2) is 9.78 Å². The molecule has 0 radical (unpaired) electrons. The van der Waals surface area contributed by atoms with Crippen LogP contribution >= 0.6 is 0 Å². The Labute approximate surface area is 85.4 Å². The van der Waals surface area contributed by atoms with Crippen molar-refractivity contribution in [3.05, 3.63) is 17.5 Å². The van der Waals surface area contributed by atoms with Crippen LogP contribution in [0.15, 0.2) is 6.07 Å². The second kappa shape index (κ2) is 3.83. The minimum Gasteiger partial charge on any atom is -0.270 e. The van der Waals surface area contributed by atoms with Crippen LogP contribution in [0.3, 0.4) is 0 Å². The van der Waals surface area contributed by atoms with Crippen molar-refractivity contribution in [2.45, 2.75) is 40.7 Å². The van der Waals surface area contributed by atoms with E-state index in [0.29, 0.717) is 0 Å². The minimum atomic E-state index is -0.306. The van der Waals surface area contributed by atoms with E-state index in [-0.39, 0.29) is 5.41 Å². The molecule has 0 amide bonds. The van der Waals surface area contributed by atoms with Crippen LogP contribution in [-0.2, 0) is 13.0 Å². The molecular weight excluding hydrogens is 174 g/mol. The van der Waals surface area contributed by atoms with Crippen molar-refractivity contribution in [3.8, 4) is 6.07 Å². The fourth-order valence-corrected chi connectivity index (χ4v) is 1.51. The van der Waals surface area contributed by atoms with Crippen LogP contribution in [0.2, 0.25) is 0 Å². The fourth-order valence-electron chi connectivity index (χ4n) is 1.51. The van der Waals surface area contributed by atoms with Gasteiger partial charge in [0.2, 0.25) is 0 Å². The summed E-state index contributed by atoms with van der Waals surface area (Å²) in [6.45, 7) is 8.82. The molecule has 0 bridgehead atoms. The lowest BCUT2D eigenvalue weighted by molar-refractivity contribution is 0.464. The first-order valence-electron chi connectivity index (χ1n) is 4.93. The monoisotopic (exact) mass is 191 g/mol. The van der Waals surface area contributed by atoms with Gasteiger partial charge in [0.05, 0.1) is 17.2 Å². The zero-order chi connectivity index (χ0) is 10.8. The maximum Gasteiger partial charge on any atom is 0.0688 e. The van der Waals surface area contributed by atoms with E-state index < -0.39 is 0 Å². The lowest BCUT2D eigenvalue weighted by atomic mass is 9.90. The first kappa shape index (κ1) is 10.8. The van der Waals surface area contributed by atoms with Crippen molar-refractivity contribution < 1.29 is 0 Å². The predicted octanol–water partition coefficient (Wildman–Crippen LogP) is 2.30. The Morgan fingerprint density at radius 3 is 2.71 bits per heavy atom. The minimum absolute atomic E-state index is 0.306.